The zero-order chi connectivity index (χ0) is 22.6. The molecule has 1 N–H and O–H groups in total. The van der Waals surface area contributed by atoms with Crippen molar-refractivity contribution in [3.8, 4) is 5.75 Å². The van der Waals surface area contributed by atoms with Crippen molar-refractivity contribution in [2.45, 2.75) is 6.18 Å². The molecule has 1 fully saturated rings. The van der Waals surface area contributed by atoms with Crippen molar-refractivity contribution in [3.63, 3.8) is 0 Å². The number of hydrogen-bond acceptors (Lipinski definition) is 6. The summed E-state index contributed by atoms with van der Waals surface area (Å²) in [6.07, 6.45) is -4.59. The van der Waals surface area contributed by atoms with Crippen molar-refractivity contribution in [3.05, 3.63) is 57.1 Å². The number of anilines is 2. The fraction of sp³-hybridized carbons (Fsp3) is 0.316. The van der Waals surface area contributed by atoms with E-state index in [0.29, 0.717) is 32.0 Å². The molecule has 1 aliphatic rings. The maximum absolute atomic E-state index is 13.2. The predicted molar refractivity (Wildman–Crippen MR) is 107 cm³/mol. The molecular formula is C19H17ClF3N3O5. The largest absolute Gasteiger partial charge is 0.477 e. The van der Waals surface area contributed by atoms with Gasteiger partial charge in [0.05, 0.1) is 35.1 Å². The van der Waals surface area contributed by atoms with Gasteiger partial charge in [0.25, 0.3) is 5.91 Å². The normalized spacial score (nSPS) is 14.3. The zero-order valence-corrected chi connectivity index (χ0v) is 16.7. The lowest BCUT2D eigenvalue weighted by Gasteiger charge is -2.31. The first-order valence-electron chi connectivity index (χ1n) is 9.05. The van der Waals surface area contributed by atoms with E-state index in [0.717, 1.165) is 18.2 Å². The molecule has 12 heteroatoms. The standard InChI is InChI=1S/C19H17ClF3N3O5/c20-13-2-4-17(16(10-13)26(28)29)31-11-18(27)24-14-9-12(19(21,22)23)1-3-15(14)25-5-7-30-8-6-25/h1-4,9-10H,5-8,11H2,(H,24,27). The molecule has 31 heavy (non-hydrogen) atoms. The number of ether oxygens (including phenoxy) is 2. The second-order valence-corrected chi connectivity index (χ2v) is 6.97. The minimum Gasteiger partial charge on any atom is -0.477 e. The second kappa shape index (κ2) is 9.40. The molecule has 0 aromatic heterocycles. The number of halogens is 4. The summed E-state index contributed by atoms with van der Waals surface area (Å²) in [5.74, 6) is -0.972. The van der Waals surface area contributed by atoms with E-state index in [1.165, 1.54) is 18.2 Å². The Hall–Kier alpha value is -3.05. The number of hydrogen-bond donors (Lipinski definition) is 1. The fourth-order valence-corrected chi connectivity index (χ4v) is 3.14. The maximum atomic E-state index is 13.2. The average molecular weight is 460 g/mol. The van der Waals surface area contributed by atoms with Crippen LogP contribution in [0.2, 0.25) is 5.02 Å². The highest BCUT2D eigenvalue weighted by Gasteiger charge is 2.32. The van der Waals surface area contributed by atoms with Crippen molar-refractivity contribution in [2.24, 2.45) is 0 Å². The lowest BCUT2D eigenvalue weighted by molar-refractivity contribution is -0.385. The van der Waals surface area contributed by atoms with Crippen molar-refractivity contribution in [1.82, 2.24) is 0 Å². The number of morpholine rings is 1. The van der Waals surface area contributed by atoms with Crippen LogP contribution in [0.4, 0.5) is 30.2 Å². The smallest absolute Gasteiger partial charge is 0.416 e. The van der Waals surface area contributed by atoms with Gasteiger partial charge in [0, 0.05) is 24.2 Å². The highest BCUT2D eigenvalue weighted by molar-refractivity contribution is 6.30. The molecule has 166 valence electrons. The predicted octanol–water partition coefficient (Wildman–Crippen LogP) is 4.12. The number of carbonyl (C=O) groups is 1. The van der Waals surface area contributed by atoms with Crippen LogP contribution in [0.1, 0.15) is 5.56 Å². The molecule has 0 saturated carbocycles. The SMILES string of the molecule is O=C(COc1ccc(Cl)cc1[N+](=O)[O-])Nc1cc(C(F)(F)F)ccc1N1CCOCC1. The molecule has 0 aliphatic carbocycles. The molecule has 8 nitrogen and oxygen atoms in total. The van der Waals surface area contributed by atoms with Gasteiger partial charge in [-0.05, 0) is 30.3 Å². The summed E-state index contributed by atoms with van der Waals surface area (Å²) in [5, 5.41) is 13.6. The molecule has 2 aromatic carbocycles. The Balaban J connectivity index is 1.79. The maximum Gasteiger partial charge on any atom is 0.416 e. The molecule has 1 aliphatic heterocycles. The van der Waals surface area contributed by atoms with E-state index in [9.17, 15) is 28.1 Å². The third kappa shape index (κ3) is 5.76. The zero-order valence-electron chi connectivity index (χ0n) is 15.9. The van der Waals surface area contributed by atoms with Gasteiger partial charge in [-0.3, -0.25) is 14.9 Å². The van der Waals surface area contributed by atoms with Crippen LogP contribution in [-0.4, -0.2) is 43.7 Å². The molecule has 0 spiro atoms. The minimum atomic E-state index is -4.59. The Bertz CT molecular complexity index is 981. The first-order valence-corrected chi connectivity index (χ1v) is 9.43. The third-order valence-corrected chi connectivity index (χ3v) is 4.66. The number of rotatable bonds is 6. The van der Waals surface area contributed by atoms with Crippen LogP contribution < -0.4 is 15.0 Å². The summed E-state index contributed by atoms with van der Waals surface area (Å²) in [6.45, 7) is 1.04. The number of nitrogens with zero attached hydrogens (tertiary/aromatic N) is 2. The average Bonchev–Trinajstić information content (AvgIpc) is 2.72. The highest BCUT2D eigenvalue weighted by atomic mass is 35.5. The van der Waals surface area contributed by atoms with Crippen LogP contribution in [0.15, 0.2) is 36.4 Å². The number of carbonyl (C=O) groups excluding carboxylic acids is 1. The van der Waals surface area contributed by atoms with Gasteiger partial charge >= 0.3 is 11.9 Å². The molecule has 1 heterocycles. The molecule has 0 radical (unpaired) electrons. The molecular weight excluding hydrogens is 443 g/mol. The van der Waals surface area contributed by atoms with E-state index in [-0.39, 0.29) is 16.5 Å². The second-order valence-electron chi connectivity index (χ2n) is 6.54. The third-order valence-electron chi connectivity index (χ3n) is 4.43. The van der Waals surface area contributed by atoms with Gasteiger partial charge in [-0.2, -0.15) is 13.2 Å². The van der Waals surface area contributed by atoms with Gasteiger partial charge in [-0.25, -0.2) is 0 Å². The quantitative estimate of drug-likeness (QED) is 0.516. The summed E-state index contributed by atoms with van der Waals surface area (Å²) in [7, 11) is 0. The molecule has 0 bridgehead atoms. The van der Waals surface area contributed by atoms with Gasteiger partial charge in [-0.1, -0.05) is 11.6 Å². The van der Waals surface area contributed by atoms with E-state index < -0.39 is 34.9 Å². The van der Waals surface area contributed by atoms with Crippen molar-refractivity contribution < 1.29 is 32.4 Å². The summed E-state index contributed by atoms with van der Waals surface area (Å²) in [4.78, 5) is 24.6. The Morgan fingerprint density at radius 2 is 1.94 bits per heavy atom. The topological polar surface area (TPSA) is 93.9 Å². The molecule has 0 atom stereocenters. The fourth-order valence-electron chi connectivity index (χ4n) is 2.98. The van der Waals surface area contributed by atoms with Crippen molar-refractivity contribution in [2.75, 3.05) is 43.1 Å². The summed E-state index contributed by atoms with van der Waals surface area (Å²) in [5.41, 5.74) is -1.000. The van der Waals surface area contributed by atoms with Gasteiger partial charge in [0.1, 0.15) is 0 Å². The van der Waals surface area contributed by atoms with E-state index in [2.05, 4.69) is 5.32 Å². The van der Waals surface area contributed by atoms with E-state index in [1.54, 1.807) is 4.90 Å². The van der Waals surface area contributed by atoms with E-state index in [1.807, 2.05) is 0 Å². The summed E-state index contributed by atoms with van der Waals surface area (Å²) >= 11 is 5.73. The van der Waals surface area contributed by atoms with E-state index >= 15 is 0 Å². The van der Waals surface area contributed by atoms with Crippen LogP contribution in [0.3, 0.4) is 0 Å². The van der Waals surface area contributed by atoms with Crippen molar-refractivity contribution in [1.29, 1.82) is 0 Å². The lowest BCUT2D eigenvalue weighted by atomic mass is 10.1. The van der Waals surface area contributed by atoms with Gasteiger partial charge in [-0.15, -0.1) is 0 Å². The summed E-state index contributed by atoms with van der Waals surface area (Å²) < 4.78 is 49.9. The van der Waals surface area contributed by atoms with Crippen LogP contribution >= 0.6 is 11.6 Å². The Morgan fingerprint density at radius 1 is 1.23 bits per heavy atom. The van der Waals surface area contributed by atoms with Crippen molar-refractivity contribution >= 4 is 34.6 Å². The molecule has 0 unspecified atom stereocenters. The van der Waals surface area contributed by atoms with Gasteiger partial charge in [0.15, 0.2) is 12.4 Å². The van der Waals surface area contributed by atoms with Gasteiger partial charge < -0.3 is 19.7 Å². The Morgan fingerprint density at radius 3 is 2.58 bits per heavy atom. The Kier molecular flexibility index (Phi) is 6.86. The first kappa shape index (κ1) is 22.6. The minimum absolute atomic E-state index is 0.0454. The van der Waals surface area contributed by atoms with Crippen LogP contribution in [-0.2, 0) is 15.7 Å². The molecule has 1 saturated heterocycles. The van der Waals surface area contributed by atoms with Crippen LogP contribution in [0, 0.1) is 10.1 Å². The molecule has 2 aromatic rings. The lowest BCUT2D eigenvalue weighted by Crippen LogP contribution is -2.37. The Labute approximate surface area is 179 Å². The highest BCUT2D eigenvalue weighted by Crippen LogP contribution is 2.36. The molecule has 1 amide bonds. The first-order chi connectivity index (χ1) is 14.6. The number of benzene rings is 2. The number of alkyl halides is 3. The number of amides is 1. The summed E-state index contributed by atoms with van der Waals surface area (Å²) in [6, 6.07) is 6.72. The molecule has 3 rings (SSSR count). The van der Waals surface area contributed by atoms with E-state index in [4.69, 9.17) is 21.1 Å². The number of nitro groups is 1. The van der Waals surface area contributed by atoms with Crippen LogP contribution in [0.5, 0.6) is 5.75 Å². The van der Waals surface area contributed by atoms with Crippen LogP contribution in [0.25, 0.3) is 0 Å². The number of nitrogens with one attached hydrogen (secondary N) is 1. The monoisotopic (exact) mass is 459 g/mol. The number of nitro benzene ring substituents is 1. The van der Waals surface area contributed by atoms with Gasteiger partial charge in [0.2, 0.25) is 0 Å².